The summed E-state index contributed by atoms with van der Waals surface area (Å²) in [5, 5.41) is 5.22. The molecule has 1 atom stereocenters. The molecule has 34 heavy (non-hydrogen) atoms. The van der Waals surface area contributed by atoms with Crippen molar-refractivity contribution in [1.82, 2.24) is 9.44 Å². The van der Waals surface area contributed by atoms with Crippen LogP contribution in [0.3, 0.4) is 0 Å². The van der Waals surface area contributed by atoms with Crippen molar-refractivity contribution in [2.24, 2.45) is 5.92 Å². The van der Waals surface area contributed by atoms with E-state index < -0.39 is 20.0 Å². The van der Waals surface area contributed by atoms with Crippen LogP contribution < -0.4 is 9.44 Å². The molecular formula is C25H30N2O4S3. The number of sulfonamides is 2. The highest BCUT2D eigenvalue weighted by atomic mass is 32.3. The lowest BCUT2D eigenvalue weighted by molar-refractivity contribution is 0.404. The Hall–Kier alpha value is -2.04. The molecule has 0 saturated heterocycles. The molecule has 3 aromatic rings. The Morgan fingerprint density at radius 1 is 0.912 bits per heavy atom. The third kappa shape index (κ3) is 6.14. The van der Waals surface area contributed by atoms with E-state index in [4.69, 9.17) is 0 Å². The van der Waals surface area contributed by atoms with Gasteiger partial charge in [0, 0.05) is 12.6 Å². The number of hydrogen-bond acceptors (Lipinski definition) is 6. The van der Waals surface area contributed by atoms with Crippen LogP contribution in [0.2, 0.25) is 0 Å². The van der Waals surface area contributed by atoms with Gasteiger partial charge in [0.05, 0.1) is 4.90 Å². The number of thiophene rings is 1. The Labute approximate surface area is 206 Å². The normalized spacial score (nSPS) is 16.0. The second-order valence-electron chi connectivity index (χ2n) is 8.87. The summed E-state index contributed by atoms with van der Waals surface area (Å²) in [6.45, 7) is 2.96. The van der Waals surface area contributed by atoms with E-state index in [1.54, 1.807) is 23.6 Å². The Balaban J connectivity index is 1.46. The number of hydrogen-bond donors (Lipinski definition) is 2. The maximum Gasteiger partial charge on any atom is 0.263 e. The smallest absolute Gasteiger partial charge is 0.263 e. The van der Waals surface area contributed by atoms with E-state index in [9.17, 15) is 16.8 Å². The fraction of sp³-hybridized carbons (Fsp3) is 0.360. The van der Waals surface area contributed by atoms with E-state index in [1.165, 1.54) is 50.3 Å². The predicted octanol–water partition coefficient (Wildman–Crippen LogP) is 5.14. The second-order valence-corrected chi connectivity index (χ2v) is 13.7. The number of benzene rings is 2. The van der Waals surface area contributed by atoms with Gasteiger partial charge in [-0.1, -0.05) is 72.3 Å². The molecule has 0 bridgehead atoms. The lowest BCUT2D eigenvalue weighted by atomic mass is 9.97. The SMILES string of the molecule is C[C@@H](CC1CCCC1)NCc1ccccc1-c1ccc(S(=O)(=O)NS(=O)(=O)c2cccs2)cc1. The minimum absolute atomic E-state index is 0.0451. The molecule has 1 aromatic heterocycles. The molecule has 9 heteroatoms. The maximum atomic E-state index is 12.7. The van der Waals surface area contributed by atoms with Gasteiger partial charge in [0.25, 0.3) is 20.0 Å². The van der Waals surface area contributed by atoms with E-state index in [2.05, 4.69) is 18.3 Å². The molecule has 0 aliphatic heterocycles. The zero-order valence-electron chi connectivity index (χ0n) is 19.1. The summed E-state index contributed by atoms with van der Waals surface area (Å²) in [6, 6.07) is 17.7. The van der Waals surface area contributed by atoms with Gasteiger partial charge in [-0.2, -0.15) is 0 Å². The van der Waals surface area contributed by atoms with E-state index in [-0.39, 0.29) is 9.10 Å². The highest BCUT2D eigenvalue weighted by Crippen LogP contribution is 2.29. The first-order valence-electron chi connectivity index (χ1n) is 11.5. The van der Waals surface area contributed by atoms with Gasteiger partial charge in [-0.25, -0.2) is 16.8 Å². The van der Waals surface area contributed by atoms with Gasteiger partial charge >= 0.3 is 0 Å². The van der Waals surface area contributed by atoms with Crippen LogP contribution in [0.1, 0.15) is 44.6 Å². The molecule has 0 spiro atoms. The maximum absolute atomic E-state index is 12.7. The lowest BCUT2D eigenvalue weighted by Crippen LogP contribution is -2.30. The number of rotatable bonds is 10. The quantitative estimate of drug-likeness (QED) is 0.388. The first-order valence-corrected chi connectivity index (χ1v) is 15.3. The van der Waals surface area contributed by atoms with E-state index >= 15 is 0 Å². The molecule has 4 rings (SSSR count). The molecule has 1 fully saturated rings. The van der Waals surface area contributed by atoms with Gasteiger partial charge in [-0.05, 0) is 59.5 Å². The van der Waals surface area contributed by atoms with E-state index in [0.717, 1.165) is 40.5 Å². The second kappa shape index (κ2) is 10.7. The fourth-order valence-corrected chi connectivity index (χ4v) is 8.58. The summed E-state index contributed by atoms with van der Waals surface area (Å²) in [5.74, 6) is 0.824. The average molecular weight is 519 g/mol. The van der Waals surface area contributed by atoms with Crippen LogP contribution in [0.5, 0.6) is 0 Å². The minimum atomic E-state index is -4.23. The predicted molar refractivity (Wildman–Crippen MR) is 137 cm³/mol. The van der Waals surface area contributed by atoms with Gasteiger partial charge in [0.1, 0.15) is 4.21 Å². The van der Waals surface area contributed by atoms with Crippen LogP contribution in [0.25, 0.3) is 11.1 Å². The van der Waals surface area contributed by atoms with Crippen molar-refractivity contribution in [2.45, 2.75) is 60.7 Å². The van der Waals surface area contributed by atoms with Crippen molar-refractivity contribution >= 4 is 31.4 Å². The molecule has 1 saturated carbocycles. The van der Waals surface area contributed by atoms with Crippen molar-refractivity contribution in [3.8, 4) is 11.1 Å². The molecule has 1 heterocycles. The number of nitrogens with one attached hydrogen (secondary N) is 2. The minimum Gasteiger partial charge on any atom is -0.310 e. The summed E-state index contributed by atoms with van der Waals surface area (Å²) >= 11 is 0.961. The van der Waals surface area contributed by atoms with E-state index in [0.29, 0.717) is 6.04 Å². The van der Waals surface area contributed by atoms with Crippen LogP contribution in [-0.2, 0) is 26.6 Å². The molecule has 1 aliphatic carbocycles. The summed E-state index contributed by atoms with van der Waals surface area (Å²) < 4.78 is 51.9. The molecule has 0 amide bonds. The third-order valence-corrected chi connectivity index (χ3v) is 11.2. The van der Waals surface area contributed by atoms with Gasteiger partial charge in [0.2, 0.25) is 0 Å². The van der Waals surface area contributed by atoms with Crippen LogP contribution in [0, 0.1) is 5.92 Å². The average Bonchev–Trinajstić information content (AvgIpc) is 3.52. The molecule has 182 valence electrons. The first-order chi connectivity index (χ1) is 16.2. The molecule has 0 unspecified atom stereocenters. The first kappa shape index (κ1) is 25.1. The largest absolute Gasteiger partial charge is 0.310 e. The van der Waals surface area contributed by atoms with Crippen molar-refractivity contribution in [2.75, 3.05) is 0 Å². The lowest BCUT2D eigenvalue weighted by Gasteiger charge is -2.19. The zero-order chi connectivity index (χ0) is 24.2. The van der Waals surface area contributed by atoms with Gasteiger partial charge < -0.3 is 5.32 Å². The summed E-state index contributed by atoms with van der Waals surface area (Å²) in [4.78, 5) is -0.0998. The van der Waals surface area contributed by atoms with Gasteiger partial charge in [-0.15, -0.1) is 11.3 Å². The van der Waals surface area contributed by atoms with Crippen LogP contribution in [0.4, 0.5) is 0 Å². The molecule has 0 radical (unpaired) electrons. The molecule has 2 aromatic carbocycles. The summed E-state index contributed by atoms with van der Waals surface area (Å²) in [5.41, 5.74) is 3.03. The molecular weight excluding hydrogens is 488 g/mol. The van der Waals surface area contributed by atoms with Crippen molar-refractivity contribution in [1.29, 1.82) is 0 Å². The molecule has 6 nitrogen and oxygen atoms in total. The Kier molecular flexibility index (Phi) is 7.89. The van der Waals surface area contributed by atoms with Crippen molar-refractivity contribution < 1.29 is 16.8 Å². The van der Waals surface area contributed by atoms with Crippen molar-refractivity contribution in [3.05, 3.63) is 71.6 Å². The Morgan fingerprint density at radius 2 is 1.62 bits per heavy atom. The van der Waals surface area contributed by atoms with Crippen molar-refractivity contribution in [3.63, 3.8) is 0 Å². The van der Waals surface area contributed by atoms with Crippen LogP contribution in [-0.4, -0.2) is 22.9 Å². The monoisotopic (exact) mass is 518 g/mol. The zero-order valence-corrected chi connectivity index (χ0v) is 21.6. The summed E-state index contributed by atoms with van der Waals surface area (Å²) in [6.07, 6.45) is 6.56. The third-order valence-electron chi connectivity index (χ3n) is 6.27. The standard InChI is InChI=1S/C25H30N2O4S3/c1-19(17-20-7-2-3-8-20)26-18-22-9-4-5-10-24(22)21-12-14-23(15-13-21)33(28,29)27-34(30,31)25-11-6-16-32-25/h4-6,9-16,19-20,26-27H,2-3,7-8,17-18H2,1H3/t19-/m0/s1. The van der Waals surface area contributed by atoms with Crippen LogP contribution in [0.15, 0.2) is 75.1 Å². The highest BCUT2D eigenvalue weighted by molar-refractivity contribution is 8.05. The topological polar surface area (TPSA) is 92.3 Å². The van der Waals surface area contributed by atoms with Crippen LogP contribution >= 0.6 is 11.3 Å². The molecule has 1 aliphatic rings. The fourth-order valence-electron chi connectivity index (χ4n) is 4.53. The van der Waals surface area contributed by atoms with E-state index in [1.807, 2.05) is 22.3 Å². The summed E-state index contributed by atoms with van der Waals surface area (Å²) in [7, 11) is -8.37. The molecule has 2 N–H and O–H groups in total. The van der Waals surface area contributed by atoms with Gasteiger partial charge in [0.15, 0.2) is 0 Å². The van der Waals surface area contributed by atoms with Gasteiger partial charge in [-0.3, -0.25) is 0 Å². The Bertz CT molecular complexity index is 1300. The highest BCUT2D eigenvalue weighted by Gasteiger charge is 2.25. The Morgan fingerprint density at radius 3 is 2.29 bits per heavy atom.